The van der Waals surface area contributed by atoms with Crippen LogP contribution in [0.15, 0.2) is 65.1 Å². The quantitative estimate of drug-likeness (QED) is 0.487. The molecule has 0 saturated carbocycles. The molecule has 0 fully saturated rings. The second-order valence-electron chi connectivity index (χ2n) is 7.76. The second kappa shape index (κ2) is 8.98. The van der Waals surface area contributed by atoms with Crippen LogP contribution in [0.1, 0.15) is 36.5 Å². The molecular weight excluding hydrogens is 407 g/mol. The molecule has 0 spiro atoms. The summed E-state index contributed by atoms with van der Waals surface area (Å²) in [4.78, 5) is 12.1. The van der Waals surface area contributed by atoms with Crippen molar-refractivity contribution in [2.75, 3.05) is 7.11 Å². The second-order valence-corrected chi connectivity index (χ2v) is 7.76. The average molecular weight is 431 g/mol. The van der Waals surface area contributed by atoms with Gasteiger partial charge in [-0.15, -0.1) is 0 Å². The first-order valence-corrected chi connectivity index (χ1v) is 9.76. The van der Waals surface area contributed by atoms with E-state index < -0.39 is 17.4 Å². The smallest absolute Gasteiger partial charge is 0.449 e. The van der Waals surface area contributed by atoms with Gasteiger partial charge >= 0.3 is 12.1 Å². The van der Waals surface area contributed by atoms with Crippen molar-refractivity contribution in [1.82, 2.24) is 5.32 Å². The number of rotatable bonds is 7. The number of esters is 1. The zero-order valence-electron chi connectivity index (χ0n) is 17.5. The minimum Gasteiger partial charge on any atom is -0.468 e. The first kappa shape index (κ1) is 22.6. The fraction of sp³-hybridized carbons (Fsp3) is 0.292. The highest BCUT2D eigenvalue weighted by molar-refractivity contribution is 5.82. The molecule has 0 aliphatic heterocycles. The first-order chi connectivity index (χ1) is 14.6. The number of nitrogens with one attached hydrogen (secondary N) is 1. The number of furan rings is 1. The zero-order valence-corrected chi connectivity index (χ0v) is 17.5. The molecule has 0 amide bonds. The predicted octanol–water partition coefficient (Wildman–Crippen LogP) is 5.71. The van der Waals surface area contributed by atoms with E-state index in [4.69, 9.17) is 9.15 Å². The number of carbonyl (C=O) groups is 1. The van der Waals surface area contributed by atoms with Crippen molar-refractivity contribution in [1.29, 1.82) is 0 Å². The highest BCUT2D eigenvalue weighted by Gasteiger charge is 2.34. The molecule has 1 N–H and O–H groups in total. The van der Waals surface area contributed by atoms with Gasteiger partial charge in [-0.1, -0.05) is 48.5 Å². The van der Waals surface area contributed by atoms with E-state index in [9.17, 15) is 18.0 Å². The lowest BCUT2D eigenvalue weighted by Gasteiger charge is -2.22. The highest BCUT2D eigenvalue weighted by atomic mass is 19.4. The van der Waals surface area contributed by atoms with E-state index in [0.29, 0.717) is 6.54 Å². The fourth-order valence-electron chi connectivity index (χ4n) is 3.23. The Balaban J connectivity index is 1.63. The van der Waals surface area contributed by atoms with Crippen LogP contribution in [0.4, 0.5) is 13.2 Å². The number of carbonyl (C=O) groups excluding carboxylic acids is 1. The molecule has 2 aromatic carbocycles. The summed E-state index contributed by atoms with van der Waals surface area (Å²) in [6, 6.07) is 17.8. The van der Waals surface area contributed by atoms with Gasteiger partial charge in [0.1, 0.15) is 5.76 Å². The van der Waals surface area contributed by atoms with Crippen LogP contribution in [0.5, 0.6) is 0 Å². The minimum atomic E-state index is -4.47. The van der Waals surface area contributed by atoms with Gasteiger partial charge in [-0.25, -0.2) is 0 Å². The molecule has 0 bridgehead atoms. The third-order valence-corrected chi connectivity index (χ3v) is 5.14. The molecule has 3 aromatic rings. The largest absolute Gasteiger partial charge is 0.468 e. The van der Waals surface area contributed by atoms with E-state index in [0.717, 1.165) is 28.3 Å². The predicted molar refractivity (Wildman–Crippen MR) is 111 cm³/mol. The van der Waals surface area contributed by atoms with Crippen molar-refractivity contribution in [3.63, 3.8) is 0 Å². The fourth-order valence-corrected chi connectivity index (χ4v) is 3.23. The Bertz CT molecular complexity index is 1040. The summed E-state index contributed by atoms with van der Waals surface area (Å²) in [5, 5.41) is 3.08. The molecule has 0 unspecified atom stereocenters. The van der Waals surface area contributed by atoms with Gasteiger partial charge in [0.05, 0.1) is 19.1 Å². The van der Waals surface area contributed by atoms with Gasteiger partial charge in [-0.05, 0) is 48.2 Å². The Hall–Kier alpha value is -3.06. The van der Waals surface area contributed by atoms with Crippen molar-refractivity contribution >= 4 is 5.97 Å². The molecule has 0 aliphatic carbocycles. The molecule has 31 heavy (non-hydrogen) atoms. The maximum absolute atomic E-state index is 12.6. The lowest BCUT2D eigenvalue weighted by molar-refractivity contribution is -0.153. The number of benzene rings is 2. The summed E-state index contributed by atoms with van der Waals surface area (Å²) in [5.74, 6) is -1.06. The van der Waals surface area contributed by atoms with Crippen molar-refractivity contribution in [3.05, 3.63) is 83.3 Å². The van der Waals surface area contributed by atoms with Crippen LogP contribution < -0.4 is 5.32 Å². The van der Waals surface area contributed by atoms with Crippen molar-refractivity contribution in [3.8, 4) is 11.1 Å². The van der Waals surface area contributed by atoms with E-state index in [1.165, 1.54) is 13.2 Å². The Morgan fingerprint density at radius 3 is 2.29 bits per heavy atom. The normalized spacial score (nSPS) is 12.1. The van der Waals surface area contributed by atoms with Crippen LogP contribution in [-0.4, -0.2) is 13.1 Å². The number of halogens is 3. The van der Waals surface area contributed by atoms with Gasteiger partial charge in [0, 0.05) is 6.54 Å². The maximum atomic E-state index is 12.6. The minimum absolute atomic E-state index is 0.197. The van der Waals surface area contributed by atoms with E-state index in [1.807, 2.05) is 62.4 Å². The molecule has 7 heteroatoms. The summed E-state index contributed by atoms with van der Waals surface area (Å²) < 4.78 is 47.4. The van der Waals surface area contributed by atoms with E-state index in [1.54, 1.807) is 0 Å². The van der Waals surface area contributed by atoms with Crippen LogP contribution in [-0.2, 0) is 34.2 Å². The van der Waals surface area contributed by atoms with Crippen molar-refractivity contribution in [2.24, 2.45) is 0 Å². The van der Waals surface area contributed by atoms with E-state index in [2.05, 4.69) is 5.32 Å². The Morgan fingerprint density at radius 2 is 1.68 bits per heavy atom. The molecule has 3 rings (SSSR count). The molecule has 1 heterocycles. The highest BCUT2D eigenvalue weighted by Crippen LogP contribution is 2.31. The third-order valence-electron chi connectivity index (χ3n) is 5.14. The lowest BCUT2D eigenvalue weighted by atomic mass is 9.83. The topological polar surface area (TPSA) is 51.5 Å². The van der Waals surface area contributed by atoms with Crippen LogP contribution in [0.2, 0.25) is 0 Å². The number of methoxy groups -OCH3 is 1. The monoisotopic (exact) mass is 431 g/mol. The molecule has 0 saturated heterocycles. The first-order valence-electron chi connectivity index (χ1n) is 9.76. The molecule has 4 nitrogen and oxygen atoms in total. The average Bonchev–Trinajstić information content (AvgIpc) is 3.23. The van der Waals surface area contributed by atoms with Crippen molar-refractivity contribution < 1.29 is 27.1 Å². The van der Waals surface area contributed by atoms with Gasteiger partial charge in [-0.2, -0.15) is 13.2 Å². The summed E-state index contributed by atoms with van der Waals surface area (Å²) in [5.41, 5.74) is 3.06. The van der Waals surface area contributed by atoms with Crippen LogP contribution >= 0.6 is 0 Å². The Morgan fingerprint density at radius 1 is 0.968 bits per heavy atom. The van der Waals surface area contributed by atoms with Crippen LogP contribution in [0.3, 0.4) is 0 Å². The van der Waals surface area contributed by atoms with E-state index >= 15 is 0 Å². The summed E-state index contributed by atoms with van der Waals surface area (Å²) in [6.45, 7) is 4.33. The molecule has 0 radical (unpaired) electrons. The third kappa shape index (κ3) is 5.35. The Kier molecular flexibility index (Phi) is 6.55. The number of hydrogen-bond acceptors (Lipinski definition) is 4. The van der Waals surface area contributed by atoms with Gasteiger partial charge in [-0.3, -0.25) is 4.79 Å². The lowest BCUT2D eigenvalue weighted by Crippen LogP contribution is -2.30. The number of hydrogen-bond donors (Lipinski definition) is 1. The van der Waals surface area contributed by atoms with Gasteiger partial charge in [0.2, 0.25) is 5.76 Å². The zero-order chi connectivity index (χ0) is 22.6. The summed E-state index contributed by atoms with van der Waals surface area (Å²) in [7, 11) is 1.38. The molecule has 0 aliphatic rings. The maximum Gasteiger partial charge on any atom is 0.449 e. The Labute approximate surface area is 179 Å². The standard InChI is InChI=1S/C24H24F3NO3/c1-23(2,22(29)30-3)19-6-4-5-18(13-19)17-9-7-16(8-10-17)14-28-15-20-11-12-21(31-20)24(25,26)27/h4-13,28H,14-15H2,1-3H3. The number of alkyl halides is 3. The molecular formula is C24H24F3NO3. The van der Waals surface area contributed by atoms with Crippen LogP contribution in [0.25, 0.3) is 11.1 Å². The van der Waals surface area contributed by atoms with Gasteiger partial charge in [0.15, 0.2) is 0 Å². The van der Waals surface area contributed by atoms with Gasteiger partial charge < -0.3 is 14.5 Å². The molecule has 1 aromatic heterocycles. The SMILES string of the molecule is COC(=O)C(C)(C)c1cccc(-c2ccc(CNCc3ccc(C(F)(F)F)o3)cc2)c1. The van der Waals surface area contributed by atoms with E-state index in [-0.39, 0.29) is 18.3 Å². The summed E-state index contributed by atoms with van der Waals surface area (Å²) in [6.07, 6.45) is -4.47. The molecule has 164 valence electrons. The number of ether oxygens (including phenoxy) is 1. The summed E-state index contributed by atoms with van der Waals surface area (Å²) >= 11 is 0. The van der Waals surface area contributed by atoms with Gasteiger partial charge in [0.25, 0.3) is 0 Å². The molecule has 0 atom stereocenters. The van der Waals surface area contributed by atoms with Crippen molar-refractivity contribution in [2.45, 2.75) is 38.5 Å². The van der Waals surface area contributed by atoms with Crippen LogP contribution in [0, 0.1) is 0 Å².